The van der Waals surface area contributed by atoms with E-state index in [4.69, 9.17) is 4.98 Å². The number of aryl methyl sites for hydroxylation is 2. The maximum Gasteiger partial charge on any atom is 0.255 e. The number of aromatic amines is 2. The van der Waals surface area contributed by atoms with Crippen LogP contribution in [0.3, 0.4) is 0 Å². The molecule has 6 nitrogen and oxygen atoms in total. The van der Waals surface area contributed by atoms with Gasteiger partial charge in [-0.2, -0.15) is 5.10 Å². The van der Waals surface area contributed by atoms with Crippen LogP contribution in [-0.2, 0) is 12.2 Å². The Labute approximate surface area is 197 Å². The lowest BCUT2D eigenvalue weighted by Crippen LogP contribution is -2.20. The summed E-state index contributed by atoms with van der Waals surface area (Å²) in [6, 6.07) is 15.2. The number of hydrogen-bond acceptors (Lipinski definition) is 5. The molecule has 0 unspecified atom stereocenters. The van der Waals surface area contributed by atoms with Crippen LogP contribution in [0.25, 0.3) is 11.3 Å². The number of phenols is 1. The van der Waals surface area contributed by atoms with Crippen molar-refractivity contribution < 1.29 is 5.11 Å². The van der Waals surface area contributed by atoms with Crippen molar-refractivity contribution in [2.45, 2.75) is 50.9 Å². The predicted octanol–water partition coefficient (Wildman–Crippen LogP) is 5.49. The number of nitrogens with one attached hydrogen (secondary N) is 2. The largest absolute Gasteiger partial charge is 0.508 e. The number of thioether (sulfide) groups is 1. The number of hydrogen-bond donors (Lipinski definition) is 3. The third-order valence-electron chi connectivity index (χ3n) is 5.74. The monoisotopic (exact) mass is 460 g/mol. The second-order valence-corrected chi connectivity index (χ2v) is 9.51. The summed E-state index contributed by atoms with van der Waals surface area (Å²) in [6.45, 7) is 8.26. The van der Waals surface area contributed by atoms with E-state index in [-0.39, 0.29) is 17.2 Å². The molecule has 170 valence electrons. The van der Waals surface area contributed by atoms with Crippen LogP contribution >= 0.6 is 11.8 Å². The Morgan fingerprint density at radius 2 is 1.76 bits per heavy atom. The van der Waals surface area contributed by atoms with Gasteiger partial charge in [-0.15, -0.1) is 0 Å². The molecule has 0 spiro atoms. The Bertz CT molecular complexity index is 1300. The van der Waals surface area contributed by atoms with Crippen molar-refractivity contribution in [2.75, 3.05) is 0 Å². The first-order chi connectivity index (χ1) is 15.8. The molecule has 2 heterocycles. The fraction of sp³-hybridized carbons (Fsp3) is 0.269. The minimum absolute atomic E-state index is 0.0712. The van der Waals surface area contributed by atoms with E-state index in [9.17, 15) is 9.90 Å². The zero-order valence-electron chi connectivity index (χ0n) is 19.3. The summed E-state index contributed by atoms with van der Waals surface area (Å²) in [7, 11) is 0. The molecular formula is C26H28N4O2S. The smallest absolute Gasteiger partial charge is 0.255 e. The molecule has 2 aromatic carbocycles. The van der Waals surface area contributed by atoms with E-state index in [1.807, 2.05) is 32.0 Å². The molecule has 4 aromatic rings. The van der Waals surface area contributed by atoms with Gasteiger partial charge in [-0.25, -0.2) is 4.98 Å². The summed E-state index contributed by atoms with van der Waals surface area (Å²) >= 11 is 1.47. The van der Waals surface area contributed by atoms with Gasteiger partial charge in [-0.1, -0.05) is 43.8 Å². The first kappa shape index (κ1) is 22.9. The summed E-state index contributed by atoms with van der Waals surface area (Å²) < 4.78 is 0. The van der Waals surface area contributed by atoms with Gasteiger partial charge in [-0.05, 0) is 66.8 Å². The van der Waals surface area contributed by atoms with E-state index >= 15 is 0 Å². The van der Waals surface area contributed by atoms with Crippen molar-refractivity contribution in [3.8, 4) is 17.0 Å². The molecule has 0 aliphatic rings. The van der Waals surface area contributed by atoms with E-state index in [1.165, 1.54) is 28.5 Å². The Balaban J connectivity index is 1.57. The molecule has 7 heteroatoms. The van der Waals surface area contributed by atoms with Gasteiger partial charge < -0.3 is 10.1 Å². The number of aromatic nitrogens is 4. The summed E-state index contributed by atoms with van der Waals surface area (Å²) in [5, 5.41) is 17.5. The highest BCUT2D eigenvalue weighted by Crippen LogP contribution is 2.26. The molecule has 0 aliphatic carbocycles. The van der Waals surface area contributed by atoms with Gasteiger partial charge in [0.05, 0.1) is 11.4 Å². The van der Waals surface area contributed by atoms with Gasteiger partial charge in [0.15, 0.2) is 5.16 Å². The van der Waals surface area contributed by atoms with E-state index < -0.39 is 0 Å². The molecule has 2 aromatic heterocycles. The van der Waals surface area contributed by atoms with Crippen LogP contribution in [0.5, 0.6) is 5.75 Å². The first-order valence-electron chi connectivity index (χ1n) is 11.0. The Morgan fingerprint density at radius 1 is 1.06 bits per heavy atom. The minimum Gasteiger partial charge on any atom is -0.508 e. The molecule has 0 fully saturated rings. The average Bonchev–Trinajstić information content (AvgIpc) is 3.24. The third kappa shape index (κ3) is 5.20. The zero-order valence-corrected chi connectivity index (χ0v) is 20.1. The highest BCUT2D eigenvalue weighted by atomic mass is 32.2. The van der Waals surface area contributed by atoms with Crippen LogP contribution in [0.2, 0.25) is 0 Å². The molecule has 0 bridgehead atoms. The van der Waals surface area contributed by atoms with Crippen LogP contribution in [0.1, 0.15) is 53.4 Å². The molecule has 3 N–H and O–H groups in total. The lowest BCUT2D eigenvalue weighted by molar-refractivity contribution is 0.475. The third-order valence-corrected chi connectivity index (χ3v) is 6.66. The van der Waals surface area contributed by atoms with Gasteiger partial charge in [0.25, 0.3) is 5.56 Å². The molecule has 0 radical (unpaired) electrons. The molecule has 4 rings (SSSR count). The van der Waals surface area contributed by atoms with Crippen LogP contribution in [0, 0.1) is 13.8 Å². The van der Waals surface area contributed by atoms with Gasteiger partial charge in [0.1, 0.15) is 5.75 Å². The SMILES string of the molecule is Cc1cccc(C)c1Cc1nc(SCc2cc(-c3ccc(O)cc3)n[nH]2)[nH]c(=O)c1C(C)C. The molecule has 0 saturated carbocycles. The Kier molecular flexibility index (Phi) is 6.70. The maximum atomic E-state index is 12.9. The fourth-order valence-corrected chi connectivity index (χ4v) is 4.74. The predicted molar refractivity (Wildman–Crippen MR) is 133 cm³/mol. The van der Waals surface area contributed by atoms with Gasteiger partial charge in [0, 0.05) is 29.0 Å². The van der Waals surface area contributed by atoms with Gasteiger partial charge >= 0.3 is 0 Å². The maximum absolute atomic E-state index is 12.9. The standard InChI is InChI=1S/C26H28N4O2S/c1-15(2)24-23(13-21-16(3)6-5-7-17(21)4)27-26(28-25(24)32)33-14-19-12-22(30-29-19)18-8-10-20(31)11-9-18/h5-12,15,31H,13-14H2,1-4H3,(H,29,30)(H,27,28,32). The van der Waals surface area contributed by atoms with E-state index in [0.717, 1.165) is 28.2 Å². The minimum atomic E-state index is -0.0712. The Morgan fingerprint density at radius 3 is 2.42 bits per heavy atom. The molecule has 0 aliphatic heterocycles. The molecular weight excluding hydrogens is 432 g/mol. The first-order valence-corrected chi connectivity index (χ1v) is 11.9. The lowest BCUT2D eigenvalue weighted by Gasteiger charge is -2.15. The van der Waals surface area contributed by atoms with Crippen LogP contribution in [-0.4, -0.2) is 25.3 Å². The quantitative estimate of drug-likeness (QED) is 0.250. The number of aromatic hydroxyl groups is 1. The summed E-state index contributed by atoms with van der Waals surface area (Å²) in [5.41, 5.74) is 7.80. The Hall–Kier alpha value is -3.32. The normalized spacial score (nSPS) is 11.3. The second-order valence-electron chi connectivity index (χ2n) is 8.55. The highest BCUT2D eigenvalue weighted by molar-refractivity contribution is 7.98. The molecule has 0 atom stereocenters. The van der Waals surface area contributed by atoms with Crippen molar-refractivity contribution in [1.29, 1.82) is 0 Å². The van der Waals surface area contributed by atoms with Crippen LogP contribution < -0.4 is 5.56 Å². The van der Waals surface area contributed by atoms with Crippen molar-refractivity contribution in [2.24, 2.45) is 0 Å². The van der Waals surface area contributed by atoms with Gasteiger partial charge in [0.2, 0.25) is 0 Å². The number of benzene rings is 2. The second kappa shape index (κ2) is 9.67. The number of H-pyrrole nitrogens is 2. The lowest BCUT2D eigenvalue weighted by atomic mass is 9.94. The van der Waals surface area contributed by atoms with E-state index in [2.05, 4.69) is 47.2 Å². The number of rotatable bonds is 7. The van der Waals surface area contributed by atoms with Crippen molar-refractivity contribution in [1.82, 2.24) is 20.2 Å². The van der Waals surface area contributed by atoms with E-state index in [1.54, 1.807) is 12.1 Å². The molecule has 0 amide bonds. The summed E-state index contributed by atoms with van der Waals surface area (Å²) in [4.78, 5) is 20.8. The van der Waals surface area contributed by atoms with E-state index in [0.29, 0.717) is 17.3 Å². The topological polar surface area (TPSA) is 94.7 Å². The average molecular weight is 461 g/mol. The van der Waals surface area contributed by atoms with Crippen LogP contribution in [0.15, 0.2) is 58.5 Å². The molecule has 0 saturated heterocycles. The van der Waals surface area contributed by atoms with Crippen LogP contribution in [0.4, 0.5) is 0 Å². The summed E-state index contributed by atoms with van der Waals surface area (Å²) in [5.74, 6) is 0.902. The fourth-order valence-electron chi connectivity index (χ4n) is 3.96. The zero-order chi connectivity index (χ0) is 23.5. The number of nitrogens with zero attached hydrogens (tertiary/aromatic N) is 2. The highest BCUT2D eigenvalue weighted by Gasteiger charge is 2.17. The van der Waals surface area contributed by atoms with Gasteiger partial charge in [-0.3, -0.25) is 9.89 Å². The van der Waals surface area contributed by atoms with Crippen molar-refractivity contribution >= 4 is 11.8 Å². The van der Waals surface area contributed by atoms with Crippen molar-refractivity contribution in [3.63, 3.8) is 0 Å². The molecule has 33 heavy (non-hydrogen) atoms. The summed E-state index contributed by atoms with van der Waals surface area (Å²) in [6.07, 6.45) is 0.637. The number of phenolic OH excluding ortho intramolecular Hbond substituents is 1. The van der Waals surface area contributed by atoms with Crippen molar-refractivity contribution in [3.05, 3.63) is 92.5 Å².